The fourth-order valence-corrected chi connectivity index (χ4v) is 1.27. The van der Waals surface area contributed by atoms with Gasteiger partial charge in [-0.2, -0.15) is 4.98 Å². The number of carbonyl (C=O) groups excluding carboxylic acids is 1. The normalized spacial score (nSPS) is 21.8. The molecule has 1 unspecified atom stereocenters. The lowest BCUT2D eigenvalue weighted by Crippen LogP contribution is -2.61. The van der Waals surface area contributed by atoms with Crippen LogP contribution in [0.15, 0.2) is 10.9 Å². The lowest BCUT2D eigenvalue weighted by molar-refractivity contribution is -0.142. The van der Waals surface area contributed by atoms with Crippen molar-refractivity contribution in [2.45, 2.75) is 12.5 Å². The van der Waals surface area contributed by atoms with Crippen LogP contribution >= 0.6 is 0 Å². The third-order valence-corrected chi connectivity index (χ3v) is 2.06. The highest BCUT2D eigenvalue weighted by atomic mass is 16.5. The second-order valence-electron chi connectivity index (χ2n) is 2.99. The van der Waals surface area contributed by atoms with Gasteiger partial charge in [-0.25, -0.2) is 0 Å². The minimum Gasteiger partial charge on any atom is -0.343 e. The second-order valence-corrected chi connectivity index (χ2v) is 2.99. The van der Waals surface area contributed by atoms with Gasteiger partial charge in [-0.3, -0.25) is 4.79 Å². The van der Waals surface area contributed by atoms with Crippen LogP contribution in [0.1, 0.15) is 5.82 Å². The summed E-state index contributed by atoms with van der Waals surface area (Å²) < 4.78 is 4.56. The summed E-state index contributed by atoms with van der Waals surface area (Å²) in [6.07, 6.45) is 1.90. The first-order chi connectivity index (χ1) is 6.27. The first-order valence-electron chi connectivity index (χ1n) is 4.07. The number of rotatable bonds is 3. The van der Waals surface area contributed by atoms with Crippen LogP contribution in [0.4, 0.5) is 0 Å². The van der Waals surface area contributed by atoms with E-state index in [-0.39, 0.29) is 11.9 Å². The molecule has 2 heterocycles. The molecule has 6 heteroatoms. The van der Waals surface area contributed by atoms with E-state index < -0.39 is 0 Å². The predicted octanol–water partition coefficient (Wildman–Crippen LogP) is -1.22. The van der Waals surface area contributed by atoms with Gasteiger partial charge in [-0.05, 0) is 0 Å². The number of aromatic nitrogens is 2. The fraction of sp³-hybridized carbons (Fsp3) is 0.571. The molecule has 1 aliphatic rings. The van der Waals surface area contributed by atoms with Crippen LogP contribution in [0, 0.1) is 0 Å². The van der Waals surface area contributed by atoms with Crippen LogP contribution in [-0.2, 0) is 11.2 Å². The van der Waals surface area contributed by atoms with E-state index in [1.807, 2.05) is 0 Å². The van der Waals surface area contributed by atoms with Crippen LogP contribution in [-0.4, -0.2) is 40.1 Å². The highest BCUT2D eigenvalue weighted by Gasteiger charge is 2.32. The van der Waals surface area contributed by atoms with E-state index in [0.717, 1.165) is 0 Å². The summed E-state index contributed by atoms with van der Waals surface area (Å²) in [6.45, 7) is 1.25. The Morgan fingerprint density at radius 1 is 1.77 bits per heavy atom. The number of nitrogens with two attached hydrogens (primary N) is 1. The van der Waals surface area contributed by atoms with Crippen molar-refractivity contribution in [1.82, 2.24) is 15.0 Å². The fourth-order valence-electron chi connectivity index (χ4n) is 1.27. The summed E-state index contributed by atoms with van der Waals surface area (Å²) in [6, 6.07) is -0.301. The van der Waals surface area contributed by atoms with E-state index in [1.54, 1.807) is 4.90 Å². The Bertz CT molecular complexity index is 297. The number of β-lactam (4-membered cyclic amide) rings is 1. The maximum Gasteiger partial charge on any atom is 0.241 e. The van der Waals surface area contributed by atoms with Gasteiger partial charge < -0.3 is 15.2 Å². The summed E-state index contributed by atoms with van der Waals surface area (Å²) in [7, 11) is 0. The van der Waals surface area contributed by atoms with Gasteiger partial charge in [0.15, 0.2) is 5.82 Å². The zero-order valence-corrected chi connectivity index (χ0v) is 7.01. The van der Waals surface area contributed by atoms with Gasteiger partial charge in [-0.15, -0.1) is 0 Å². The number of hydrogen-bond donors (Lipinski definition) is 1. The van der Waals surface area contributed by atoms with Gasteiger partial charge >= 0.3 is 0 Å². The molecule has 1 aromatic heterocycles. The Hall–Kier alpha value is -1.43. The average Bonchev–Trinajstić information content (AvgIpc) is 2.64. The predicted molar refractivity (Wildman–Crippen MR) is 42.6 cm³/mol. The van der Waals surface area contributed by atoms with E-state index in [1.165, 1.54) is 6.39 Å². The van der Waals surface area contributed by atoms with Crippen LogP contribution in [0.5, 0.6) is 0 Å². The zero-order valence-electron chi connectivity index (χ0n) is 7.01. The van der Waals surface area contributed by atoms with Crippen molar-refractivity contribution in [1.29, 1.82) is 0 Å². The standard InChI is InChI=1S/C7H10N4O2/c8-5-3-11(7(5)12)2-1-6-9-4-13-10-6/h4-5H,1-3,8H2. The summed E-state index contributed by atoms with van der Waals surface area (Å²) in [4.78, 5) is 16.6. The van der Waals surface area contributed by atoms with E-state index in [4.69, 9.17) is 5.73 Å². The van der Waals surface area contributed by atoms with Gasteiger partial charge in [-0.1, -0.05) is 5.16 Å². The molecule has 0 aromatic carbocycles. The molecule has 13 heavy (non-hydrogen) atoms. The van der Waals surface area contributed by atoms with Crippen LogP contribution in [0.2, 0.25) is 0 Å². The van der Waals surface area contributed by atoms with Crippen molar-refractivity contribution in [3.8, 4) is 0 Å². The number of amides is 1. The van der Waals surface area contributed by atoms with Gasteiger partial charge in [0, 0.05) is 19.5 Å². The summed E-state index contributed by atoms with van der Waals surface area (Å²) in [5.41, 5.74) is 5.42. The lowest BCUT2D eigenvalue weighted by atomic mass is 10.1. The molecule has 0 radical (unpaired) electrons. The second kappa shape index (κ2) is 3.14. The number of likely N-dealkylation sites (tertiary alicyclic amines) is 1. The van der Waals surface area contributed by atoms with Crippen molar-refractivity contribution in [3.63, 3.8) is 0 Å². The minimum atomic E-state index is -0.301. The molecule has 1 saturated heterocycles. The van der Waals surface area contributed by atoms with Gasteiger partial charge in [0.2, 0.25) is 12.3 Å². The Balaban J connectivity index is 1.78. The molecule has 1 aliphatic heterocycles. The summed E-state index contributed by atoms with van der Waals surface area (Å²) >= 11 is 0. The Morgan fingerprint density at radius 3 is 3.15 bits per heavy atom. The third kappa shape index (κ3) is 1.52. The van der Waals surface area contributed by atoms with Crippen molar-refractivity contribution >= 4 is 5.91 Å². The third-order valence-electron chi connectivity index (χ3n) is 2.06. The molecule has 70 valence electrons. The van der Waals surface area contributed by atoms with E-state index in [2.05, 4.69) is 14.7 Å². The largest absolute Gasteiger partial charge is 0.343 e. The van der Waals surface area contributed by atoms with E-state index in [0.29, 0.717) is 25.3 Å². The Labute approximate surface area is 74.7 Å². The number of carbonyl (C=O) groups is 1. The van der Waals surface area contributed by atoms with Crippen LogP contribution in [0.3, 0.4) is 0 Å². The SMILES string of the molecule is NC1CN(CCc2ncon2)C1=O. The monoisotopic (exact) mass is 182 g/mol. The van der Waals surface area contributed by atoms with Crippen LogP contribution in [0.25, 0.3) is 0 Å². The molecule has 0 aliphatic carbocycles. The van der Waals surface area contributed by atoms with Gasteiger partial charge in [0.25, 0.3) is 0 Å². The molecule has 0 saturated carbocycles. The number of nitrogens with zero attached hydrogens (tertiary/aromatic N) is 3. The van der Waals surface area contributed by atoms with E-state index >= 15 is 0 Å². The molecular formula is C7H10N4O2. The zero-order chi connectivity index (χ0) is 9.26. The molecule has 2 rings (SSSR count). The van der Waals surface area contributed by atoms with Crippen molar-refractivity contribution in [3.05, 3.63) is 12.2 Å². The maximum atomic E-state index is 11.1. The first-order valence-corrected chi connectivity index (χ1v) is 4.07. The summed E-state index contributed by atoms with van der Waals surface area (Å²) in [5, 5.41) is 3.64. The molecule has 2 N–H and O–H groups in total. The Kier molecular flexibility index (Phi) is 1.97. The molecule has 1 amide bonds. The topological polar surface area (TPSA) is 85.2 Å². The highest BCUT2D eigenvalue weighted by molar-refractivity contribution is 5.87. The molecule has 1 fully saturated rings. The molecule has 6 nitrogen and oxygen atoms in total. The maximum absolute atomic E-state index is 11.1. The molecular weight excluding hydrogens is 172 g/mol. The smallest absolute Gasteiger partial charge is 0.241 e. The van der Waals surface area contributed by atoms with Crippen molar-refractivity contribution in [2.24, 2.45) is 5.73 Å². The number of hydrogen-bond acceptors (Lipinski definition) is 5. The van der Waals surface area contributed by atoms with E-state index in [9.17, 15) is 4.79 Å². The van der Waals surface area contributed by atoms with Gasteiger partial charge in [0.1, 0.15) is 6.04 Å². The lowest BCUT2D eigenvalue weighted by Gasteiger charge is -2.35. The van der Waals surface area contributed by atoms with Gasteiger partial charge in [0.05, 0.1) is 0 Å². The quantitative estimate of drug-likeness (QED) is 0.592. The summed E-state index contributed by atoms with van der Waals surface area (Å²) in [5.74, 6) is 0.622. The molecule has 0 bridgehead atoms. The first kappa shape index (κ1) is 8.18. The highest BCUT2D eigenvalue weighted by Crippen LogP contribution is 2.07. The average molecular weight is 182 g/mol. The minimum absolute atomic E-state index is 0.00324. The van der Waals surface area contributed by atoms with Crippen molar-refractivity contribution in [2.75, 3.05) is 13.1 Å². The molecule has 1 aromatic rings. The Morgan fingerprint density at radius 2 is 2.62 bits per heavy atom. The van der Waals surface area contributed by atoms with Crippen LogP contribution < -0.4 is 5.73 Å². The molecule has 1 atom stereocenters. The van der Waals surface area contributed by atoms with Crippen molar-refractivity contribution < 1.29 is 9.32 Å². The molecule has 0 spiro atoms.